The molecule has 0 aliphatic heterocycles. The zero-order chi connectivity index (χ0) is 16.7. The summed E-state index contributed by atoms with van der Waals surface area (Å²) in [7, 11) is 1.97. The van der Waals surface area contributed by atoms with Crippen LogP contribution in [0.4, 0.5) is 0 Å². The number of carbonyl (C=O) groups is 1. The molecular weight excluding hydrogens is 300 g/mol. The van der Waals surface area contributed by atoms with Gasteiger partial charge in [0.15, 0.2) is 0 Å². The van der Waals surface area contributed by atoms with Crippen molar-refractivity contribution < 1.29 is 4.79 Å². The van der Waals surface area contributed by atoms with Crippen LogP contribution in [0.15, 0.2) is 48.5 Å². The van der Waals surface area contributed by atoms with Crippen LogP contribution in [-0.4, -0.2) is 20.4 Å². The van der Waals surface area contributed by atoms with Gasteiger partial charge in [0.05, 0.1) is 23.1 Å². The minimum atomic E-state index is -0.0861. The van der Waals surface area contributed by atoms with E-state index < -0.39 is 0 Å². The zero-order valence-corrected chi connectivity index (χ0v) is 13.6. The molecule has 0 saturated carbocycles. The van der Waals surface area contributed by atoms with Gasteiger partial charge in [-0.2, -0.15) is 0 Å². The van der Waals surface area contributed by atoms with Crippen LogP contribution in [0, 0.1) is 6.92 Å². The van der Waals surface area contributed by atoms with Crippen molar-refractivity contribution in [2.45, 2.75) is 13.5 Å². The van der Waals surface area contributed by atoms with Gasteiger partial charge in [-0.05, 0) is 25.1 Å². The van der Waals surface area contributed by atoms with Crippen molar-refractivity contribution in [2.24, 2.45) is 7.05 Å². The summed E-state index contributed by atoms with van der Waals surface area (Å²) in [5.74, 6) is 0.749. The van der Waals surface area contributed by atoms with Gasteiger partial charge < -0.3 is 14.9 Å². The number of amides is 1. The second-order valence-corrected chi connectivity index (χ2v) is 5.93. The van der Waals surface area contributed by atoms with Crippen LogP contribution in [0.5, 0.6) is 0 Å². The number of imidazole rings is 1. The molecule has 4 rings (SSSR count). The fraction of sp³-hybridized carbons (Fsp3) is 0.158. The highest BCUT2D eigenvalue weighted by atomic mass is 16.1. The summed E-state index contributed by atoms with van der Waals surface area (Å²) >= 11 is 0. The van der Waals surface area contributed by atoms with E-state index in [4.69, 9.17) is 0 Å². The van der Waals surface area contributed by atoms with Crippen LogP contribution in [0.25, 0.3) is 21.9 Å². The quantitative estimate of drug-likeness (QED) is 0.609. The van der Waals surface area contributed by atoms with Crippen LogP contribution in [0.3, 0.4) is 0 Å². The summed E-state index contributed by atoms with van der Waals surface area (Å²) in [6.07, 6.45) is 0. The van der Waals surface area contributed by atoms with Gasteiger partial charge in [0.2, 0.25) is 0 Å². The summed E-state index contributed by atoms with van der Waals surface area (Å²) < 4.78 is 2.01. The van der Waals surface area contributed by atoms with Crippen molar-refractivity contribution in [3.63, 3.8) is 0 Å². The minimum Gasteiger partial charge on any atom is -0.358 e. The second-order valence-electron chi connectivity index (χ2n) is 5.93. The summed E-state index contributed by atoms with van der Waals surface area (Å²) in [5.41, 5.74) is 4.54. The SMILES string of the molecule is Cc1[nH]c2ccccc2c1C(=O)NCc1nc2ccccc2n1C. The van der Waals surface area contributed by atoms with Crippen molar-refractivity contribution in [1.29, 1.82) is 0 Å². The fourth-order valence-corrected chi connectivity index (χ4v) is 3.17. The number of aryl methyl sites for hydroxylation is 2. The lowest BCUT2D eigenvalue weighted by molar-refractivity contribution is 0.0950. The molecule has 24 heavy (non-hydrogen) atoms. The second kappa shape index (κ2) is 5.53. The Hall–Kier alpha value is -3.08. The van der Waals surface area contributed by atoms with E-state index in [1.807, 2.05) is 67.1 Å². The highest BCUT2D eigenvalue weighted by molar-refractivity contribution is 6.08. The first-order chi connectivity index (χ1) is 11.6. The predicted octanol–water partition coefficient (Wildman–Crippen LogP) is 3.29. The van der Waals surface area contributed by atoms with Crippen molar-refractivity contribution in [1.82, 2.24) is 19.9 Å². The molecule has 0 aliphatic rings. The first-order valence-corrected chi connectivity index (χ1v) is 7.91. The van der Waals surface area contributed by atoms with Crippen molar-refractivity contribution in [3.05, 3.63) is 65.6 Å². The molecule has 120 valence electrons. The Morgan fingerprint density at radius 2 is 1.92 bits per heavy atom. The van der Waals surface area contributed by atoms with Crippen molar-refractivity contribution >= 4 is 27.8 Å². The van der Waals surface area contributed by atoms with E-state index in [1.165, 1.54) is 0 Å². The fourth-order valence-electron chi connectivity index (χ4n) is 3.17. The summed E-state index contributed by atoms with van der Waals surface area (Å²) in [6, 6.07) is 15.8. The van der Waals surface area contributed by atoms with Crippen LogP contribution in [0.1, 0.15) is 21.9 Å². The number of nitrogens with zero attached hydrogens (tertiary/aromatic N) is 2. The maximum absolute atomic E-state index is 12.7. The topological polar surface area (TPSA) is 62.7 Å². The number of benzene rings is 2. The van der Waals surface area contributed by atoms with Gasteiger partial charge in [-0.25, -0.2) is 4.98 Å². The molecule has 5 nitrogen and oxygen atoms in total. The van der Waals surface area contributed by atoms with Crippen LogP contribution in [0.2, 0.25) is 0 Å². The maximum atomic E-state index is 12.7. The Bertz CT molecular complexity index is 1060. The van der Waals surface area contributed by atoms with E-state index in [0.717, 1.165) is 33.5 Å². The first kappa shape index (κ1) is 14.5. The Balaban J connectivity index is 1.62. The van der Waals surface area contributed by atoms with Crippen LogP contribution >= 0.6 is 0 Å². The van der Waals surface area contributed by atoms with E-state index in [2.05, 4.69) is 15.3 Å². The summed E-state index contributed by atoms with van der Waals surface area (Å²) in [6.45, 7) is 2.31. The van der Waals surface area contributed by atoms with E-state index in [-0.39, 0.29) is 5.91 Å². The number of fused-ring (bicyclic) bond motifs is 2. The number of carbonyl (C=O) groups excluding carboxylic acids is 1. The number of rotatable bonds is 3. The van der Waals surface area contributed by atoms with Gasteiger partial charge in [-0.3, -0.25) is 4.79 Å². The molecule has 0 aliphatic carbocycles. The van der Waals surface area contributed by atoms with Gasteiger partial charge >= 0.3 is 0 Å². The third kappa shape index (κ3) is 2.25. The molecule has 4 aromatic rings. The van der Waals surface area contributed by atoms with Gasteiger partial charge in [-0.1, -0.05) is 30.3 Å². The van der Waals surface area contributed by atoms with Gasteiger partial charge in [0.1, 0.15) is 5.82 Å². The molecular formula is C19H18N4O. The van der Waals surface area contributed by atoms with Gasteiger partial charge in [0, 0.05) is 23.6 Å². The molecule has 2 heterocycles. The zero-order valence-electron chi connectivity index (χ0n) is 13.6. The lowest BCUT2D eigenvalue weighted by atomic mass is 10.1. The molecule has 2 aromatic heterocycles. The first-order valence-electron chi connectivity index (χ1n) is 7.91. The van der Waals surface area contributed by atoms with Gasteiger partial charge in [0.25, 0.3) is 5.91 Å². The average molecular weight is 318 g/mol. The lowest BCUT2D eigenvalue weighted by Crippen LogP contribution is -2.24. The van der Waals surface area contributed by atoms with Crippen LogP contribution < -0.4 is 5.32 Å². The molecule has 0 atom stereocenters. The van der Waals surface area contributed by atoms with Crippen molar-refractivity contribution in [2.75, 3.05) is 0 Å². The summed E-state index contributed by atoms with van der Waals surface area (Å²) in [5, 5.41) is 3.94. The number of hydrogen-bond acceptors (Lipinski definition) is 2. The summed E-state index contributed by atoms with van der Waals surface area (Å²) in [4.78, 5) is 20.5. The maximum Gasteiger partial charge on any atom is 0.254 e. The van der Waals surface area contributed by atoms with E-state index in [0.29, 0.717) is 12.1 Å². The number of para-hydroxylation sites is 3. The third-order valence-corrected chi connectivity index (χ3v) is 4.41. The number of H-pyrrole nitrogens is 1. The molecule has 0 saturated heterocycles. The van der Waals surface area contributed by atoms with Gasteiger partial charge in [-0.15, -0.1) is 0 Å². The minimum absolute atomic E-state index is 0.0861. The number of aromatic nitrogens is 3. The number of aromatic amines is 1. The van der Waals surface area contributed by atoms with E-state index in [9.17, 15) is 4.79 Å². The van der Waals surface area contributed by atoms with Crippen LogP contribution in [-0.2, 0) is 13.6 Å². The van der Waals surface area contributed by atoms with Crippen molar-refractivity contribution in [3.8, 4) is 0 Å². The molecule has 2 N–H and O–H groups in total. The van der Waals surface area contributed by atoms with E-state index >= 15 is 0 Å². The molecule has 0 unspecified atom stereocenters. The number of nitrogens with one attached hydrogen (secondary N) is 2. The molecule has 0 spiro atoms. The molecule has 2 aromatic carbocycles. The lowest BCUT2D eigenvalue weighted by Gasteiger charge is -2.06. The third-order valence-electron chi connectivity index (χ3n) is 4.41. The van der Waals surface area contributed by atoms with E-state index in [1.54, 1.807) is 0 Å². The smallest absolute Gasteiger partial charge is 0.254 e. The largest absolute Gasteiger partial charge is 0.358 e. The highest BCUT2D eigenvalue weighted by Gasteiger charge is 2.16. The monoisotopic (exact) mass is 318 g/mol. The molecule has 0 bridgehead atoms. The standard InChI is InChI=1S/C19H18N4O/c1-12-18(13-7-3-4-8-14(13)21-12)19(24)20-11-17-22-15-9-5-6-10-16(15)23(17)2/h3-10,21H,11H2,1-2H3,(H,20,24). The molecule has 0 radical (unpaired) electrons. The highest BCUT2D eigenvalue weighted by Crippen LogP contribution is 2.22. The molecule has 5 heteroatoms. The Morgan fingerprint density at radius 1 is 1.17 bits per heavy atom. The molecule has 0 fully saturated rings. The Morgan fingerprint density at radius 3 is 2.75 bits per heavy atom. The molecule has 1 amide bonds. The number of hydrogen-bond donors (Lipinski definition) is 2. The Labute approximate surface area is 139 Å². The Kier molecular flexibility index (Phi) is 3.34. The normalized spacial score (nSPS) is 11.2. The predicted molar refractivity (Wildman–Crippen MR) is 94.9 cm³/mol. The average Bonchev–Trinajstić information content (AvgIpc) is 3.09.